The second kappa shape index (κ2) is 8.92. The highest BCUT2D eigenvalue weighted by Crippen LogP contribution is 2.22. The van der Waals surface area contributed by atoms with Gasteiger partial charge >= 0.3 is 0 Å². The van der Waals surface area contributed by atoms with Crippen molar-refractivity contribution in [3.63, 3.8) is 0 Å². The Kier molecular flexibility index (Phi) is 6.35. The highest BCUT2D eigenvalue weighted by Gasteiger charge is 2.15. The maximum Gasteiger partial charge on any atom is 0.189 e. The van der Waals surface area contributed by atoms with E-state index in [2.05, 4.69) is 39.5 Å². The summed E-state index contributed by atoms with van der Waals surface area (Å²) >= 11 is 0. The van der Waals surface area contributed by atoms with E-state index < -0.39 is 0 Å². The van der Waals surface area contributed by atoms with Crippen molar-refractivity contribution < 1.29 is 4.74 Å². The molecular formula is C19H30N4O. The lowest BCUT2D eigenvalue weighted by Crippen LogP contribution is -2.40. The van der Waals surface area contributed by atoms with Gasteiger partial charge in [-0.15, -0.1) is 0 Å². The van der Waals surface area contributed by atoms with E-state index in [4.69, 9.17) is 10.5 Å². The predicted molar refractivity (Wildman–Crippen MR) is 99.4 cm³/mol. The minimum absolute atomic E-state index is 0.491. The fourth-order valence-electron chi connectivity index (χ4n) is 3.61. The molecule has 1 aliphatic carbocycles. The Morgan fingerprint density at radius 2 is 1.83 bits per heavy atom. The lowest BCUT2D eigenvalue weighted by atomic mass is 10.1. The highest BCUT2D eigenvalue weighted by molar-refractivity contribution is 5.78. The molecule has 0 bridgehead atoms. The van der Waals surface area contributed by atoms with E-state index in [1.54, 1.807) is 0 Å². The summed E-state index contributed by atoms with van der Waals surface area (Å²) in [5.41, 5.74) is 8.62. The fourth-order valence-corrected chi connectivity index (χ4v) is 3.61. The van der Waals surface area contributed by atoms with Gasteiger partial charge in [-0.2, -0.15) is 0 Å². The van der Waals surface area contributed by atoms with Crippen molar-refractivity contribution >= 4 is 11.6 Å². The lowest BCUT2D eigenvalue weighted by Gasteiger charge is -2.30. The van der Waals surface area contributed by atoms with E-state index in [1.165, 1.54) is 49.8 Å². The molecule has 1 aromatic carbocycles. The van der Waals surface area contributed by atoms with E-state index in [1.807, 2.05) is 0 Å². The van der Waals surface area contributed by atoms with Gasteiger partial charge in [-0.1, -0.05) is 43.9 Å². The van der Waals surface area contributed by atoms with Gasteiger partial charge in [0.1, 0.15) is 0 Å². The molecule has 1 aromatic rings. The Labute approximate surface area is 145 Å². The Morgan fingerprint density at radius 1 is 1.12 bits per heavy atom. The summed E-state index contributed by atoms with van der Waals surface area (Å²) in [6, 6.07) is 8.97. The monoisotopic (exact) mass is 330 g/mol. The van der Waals surface area contributed by atoms with Crippen LogP contribution in [0.5, 0.6) is 0 Å². The molecule has 1 aliphatic heterocycles. The molecule has 5 heteroatoms. The van der Waals surface area contributed by atoms with E-state index in [9.17, 15) is 0 Å². The first-order valence-corrected chi connectivity index (χ1v) is 9.30. The van der Waals surface area contributed by atoms with Crippen molar-refractivity contribution in [1.82, 2.24) is 5.32 Å². The average Bonchev–Trinajstić information content (AvgIpc) is 2.90. The van der Waals surface area contributed by atoms with E-state index in [-0.39, 0.29) is 0 Å². The molecule has 1 saturated heterocycles. The third-order valence-corrected chi connectivity index (χ3v) is 4.97. The Bertz CT molecular complexity index is 532. The third-order valence-electron chi connectivity index (χ3n) is 4.97. The number of benzene rings is 1. The fraction of sp³-hybridized carbons (Fsp3) is 0.632. The van der Waals surface area contributed by atoms with Crippen molar-refractivity contribution in [1.29, 1.82) is 0 Å². The number of anilines is 1. The topological polar surface area (TPSA) is 62.9 Å². The molecule has 1 heterocycles. The van der Waals surface area contributed by atoms with Crippen LogP contribution in [0.3, 0.4) is 0 Å². The molecule has 5 nitrogen and oxygen atoms in total. The second-order valence-electron chi connectivity index (χ2n) is 6.76. The molecule has 3 N–H and O–H groups in total. The van der Waals surface area contributed by atoms with Gasteiger partial charge in [0, 0.05) is 24.8 Å². The number of nitrogens with two attached hydrogens (primary N) is 1. The summed E-state index contributed by atoms with van der Waals surface area (Å²) < 4.78 is 5.45. The maximum absolute atomic E-state index is 6.14. The van der Waals surface area contributed by atoms with Gasteiger partial charge in [0.15, 0.2) is 5.96 Å². The highest BCUT2D eigenvalue weighted by atomic mass is 16.5. The number of guanidine groups is 1. The molecule has 0 amide bonds. The largest absolute Gasteiger partial charge is 0.378 e. The van der Waals surface area contributed by atoms with Gasteiger partial charge < -0.3 is 20.7 Å². The van der Waals surface area contributed by atoms with Crippen LogP contribution in [0, 0.1) is 0 Å². The molecule has 2 fully saturated rings. The first-order chi connectivity index (χ1) is 11.8. The van der Waals surface area contributed by atoms with E-state index >= 15 is 0 Å². The van der Waals surface area contributed by atoms with Gasteiger partial charge in [-0.05, 0) is 24.5 Å². The summed E-state index contributed by atoms with van der Waals surface area (Å²) in [4.78, 5) is 6.98. The number of hydrogen-bond acceptors (Lipinski definition) is 3. The lowest BCUT2D eigenvalue weighted by molar-refractivity contribution is 0.122. The Hall–Kier alpha value is -1.75. The number of ether oxygens (including phenoxy) is 1. The van der Waals surface area contributed by atoms with Gasteiger partial charge in [-0.25, -0.2) is 4.99 Å². The van der Waals surface area contributed by atoms with Crippen molar-refractivity contribution in [2.75, 3.05) is 31.2 Å². The molecule has 0 aromatic heterocycles. The minimum Gasteiger partial charge on any atom is -0.378 e. The molecule has 1 saturated carbocycles. The summed E-state index contributed by atoms with van der Waals surface area (Å²) in [6.07, 6.45) is 7.71. The number of morpholine rings is 1. The summed E-state index contributed by atoms with van der Waals surface area (Å²) in [6.45, 7) is 4.10. The second-order valence-corrected chi connectivity index (χ2v) is 6.76. The number of aliphatic imine (C=N–C) groups is 1. The van der Waals surface area contributed by atoms with Crippen molar-refractivity contribution in [3.8, 4) is 0 Å². The first kappa shape index (κ1) is 17.1. The number of rotatable bonds is 4. The standard InChI is InChI=1S/C19H30N4O/c20-19(22-17-8-3-1-2-4-9-17)21-15-16-7-5-6-10-18(16)23-11-13-24-14-12-23/h5-7,10,17H,1-4,8-9,11-15H2,(H3,20,21,22). The number of hydrogen-bond donors (Lipinski definition) is 2. The maximum atomic E-state index is 6.14. The van der Waals surface area contributed by atoms with Crippen LogP contribution < -0.4 is 16.0 Å². The summed E-state index contributed by atoms with van der Waals surface area (Å²) in [7, 11) is 0. The average molecular weight is 330 g/mol. The molecule has 132 valence electrons. The van der Waals surface area contributed by atoms with E-state index in [0.717, 1.165) is 26.3 Å². The predicted octanol–water partition coefficient (Wildman–Crippen LogP) is 2.65. The minimum atomic E-state index is 0.491. The molecule has 0 atom stereocenters. The zero-order valence-corrected chi connectivity index (χ0v) is 14.5. The van der Waals surface area contributed by atoms with Crippen LogP contribution in [-0.2, 0) is 11.3 Å². The van der Waals surface area contributed by atoms with Crippen LogP contribution in [0.4, 0.5) is 5.69 Å². The van der Waals surface area contributed by atoms with Crippen LogP contribution in [-0.4, -0.2) is 38.3 Å². The Morgan fingerprint density at radius 3 is 2.58 bits per heavy atom. The van der Waals surface area contributed by atoms with Crippen LogP contribution in [0.2, 0.25) is 0 Å². The SMILES string of the molecule is NC(=NCc1ccccc1N1CCOCC1)NC1CCCCCC1. The molecule has 24 heavy (non-hydrogen) atoms. The van der Waals surface area contributed by atoms with E-state index in [0.29, 0.717) is 18.5 Å². The van der Waals surface area contributed by atoms with Crippen LogP contribution in [0.1, 0.15) is 44.1 Å². The normalized spacial score (nSPS) is 20.7. The number of nitrogens with one attached hydrogen (secondary N) is 1. The summed E-state index contributed by atoms with van der Waals surface area (Å²) in [5, 5.41) is 3.42. The van der Waals surface area contributed by atoms with Gasteiger partial charge in [-0.3, -0.25) is 0 Å². The smallest absolute Gasteiger partial charge is 0.189 e. The molecular weight excluding hydrogens is 300 g/mol. The van der Waals surface area contributed by atoms with Crippen LogP contribution in [0.25, 0.3) is 0 Å². The van der Waals surface area contributed by atoms with Crippen molar-refractivity contribution in [3.05, 3.63) is 29.8 Å². The first-order valence-electron chi connectivity index (χ1n) is 9.30. The Balaban J connectivity index is 1.60. The zero-order chi connectivity index (χ0) is 16.6. The molecule has 0 unspecified atom stereocenters. The van der Waals surface area contributed by atoms with Crippen molar-refractivity contribution in [2.24, 2.45) is 10.7 Å². The molecule has 0 radical (unpaired) electrons. The zero-order valence-electron chi connectivity index (χ0n) is 14.5. The molecule has 3 rings (SSSR count). The number of nitrogens with zero attached hydrogens (tertiary/aromatic N) is 2. The number of para-hydroxylation sites is 1. The summed E-state index contributed by atoms with van der Waals surface area (Å²) in [5.74, 6) is 0.582. The van der Waals surface area contributed by atoms with Crippen molar-refractivity contribution in [2.45, 2.75) is 51.1 Å². The van der Waals surface area contributed by atoms with Gasteiger partial charge in [0.05, 0.1) is 19.8 Å². The van der Waals surface area contributed by atoms with Gasteiger partial charge in [0.25, 0.3) is 0 Å². The van der Waals surface area contributed by atoms with Gasteiger partial charge in [0.2, 0.25) is 0 Å². The van der Waals surface area contributed by atoms with Crippen LogP contribution >= 0.6 is 0 Å². The third kappa shape index (κ3) is 4.87. The van der Waals surface area contributed by atoms with Crippen LogP contribution in [0.15, 0.2) is 29.3 Å². The molecule has 2 aliphatic rings. The quantitative estimate of drug-likeness (QED) is 0.506. The molecule has 0 spiro atoms.